The van der Waals surface area contributed by atoms with E-state index in [1.165, 1.54) is 11.6 Å². The normalized spacial score (nSPS) is 10.8. The van der Waals surface area contributed by atoms with E-state index in [1.54, 1.807) is 0 Å². The summed E-state index contributed by atoms with van der Waals surface area (Å²) >= 11 is 0. The molecule has 1 aromatic carbocycles. The first-order valence-electron chi connectivity index (χ1n) is 6.74. The maximum Gasteiger partial charge on any atom is 0.252 e. The molecule has 5 heteroatoms. The molecule has 0 amide bonds. The van der Waals surface area contributed by atoms with Crippen LogP contribution in [0.15, 0.2) is 35.1 Å². The van der Waals surface area contributed by atoms with Gasteiger partial charge in [-0.15, -0.1) is 0 Å². The third kappa shape index (κ3) is 3.85. The van der Waals surface area contributed by atoms with E-state index in [1.807, 2.05) is 38.1 Å². The predicted molar refractivity (Wildman–Crippen MR) is 82.0 cm³/mol. The summed E-state index contributed by atoms with van der Waals surface area (Å²) in [5, 5.41) is 3.18. The maximum absolute atomic E-state index is 11.5. The predicted octanol–water partition coefficient (Wildman–Crippen LogP) is 2.13. The summed E-state index contributed by atoms with van der Waals surface area (Å²) in [6, 6.07) is 9.26. The summed E-state index contributed by atoms with van der Waals surface area (Å²) in [5.74, 6) is 1.52. The smallest absolute Gasteiger partial charge is 0.252 e. The lowest BCUT2D eigenvalue weighted by Crippen LogP contribution is -2.15. The molecule has 2 rings (SSSR count). The second-order valence-electron chi connectivity index (χ2n) is 5.09. The largest absolute Gasteiger partial charge is 0.399 e. The molecular weight excluding hydrogens is 252 g/mol. The molecule has 0 fully saturated rings. The van der Waals surface area contributed by atoms with E-state index in [-0.39, 0.29) is 11.5 Å². The van der Waals surface area contributed by atoms with E-state index < -0.39 is 0 Å². The van der Waals surface area contributed by atoms with Gasteiger partial charge in [-0.25, -0.2) is 4.98 Å². The van der Waals surface area contributed by atoms with Gasteiger partial charge in [0.1, 0.15) is 11.6 Å². The van der Waals surface area contributed by atoms with E-state index in [2.05, 4.69) is 15.3 Å². The molecule has 106 valence electrons. The highest BCUT2D eigenvalue weighted by molar-refractivity contribution is 5.40. The van der Waals surface area contributed by atoms with Crippen LogP contribution in [0.2, 0.25) is 0 Å². The first kappa shape index (κ1) is 14.1. The van der Waals surface area contributed by atoms with E-state index in [0.717, 1.165) is 18.7 Å². The molecule has 0 unspecified atom stereocenters. The van der Waals surface area contributed by atoms with Crippen molar-refractivity contribution in [1.29, 1.82) is 0 Å². The van der Waals surface area contributed by atoms with Crippen molar-refractivity contribution in [3.8, 4) is 0 Å². The average Bonchev–Trinajstić information content (AvgIpc) is 2.40. The van der Waals surface area contributed by atoms with Crippen molar-refractivity contribution in [2.45, 2.75) is 26.2 Å². The Kier molecular flexibility index (Phi) is 4.40. The van der Waals surface area contributed by atoms with Crippen molar-refractivity contribution in [2.24, 2.45) is 0 Å². The summed E-state index contributed by atoms with van der Waals surface area (Å²) in [4.78, 5) is 18.7. The molecule has 1 heterocycles. The summed E-state index contributed by atoms with van der Waals surface area (Å²) in [5.41, 5.74) is 7.48. The first-order chi connectivity index (χ1) is 9.54. The number of H-pyrrole nitrogens is 1. The number of nitrogens with two attached hydrogens (primary N) is 1. The number of hydrogen-bond donors (Lipinski definition) is 3. The fourth-order valence-electron chi connectivity index (χ4n) is 1.86. The Bertz CT molecular complexity index is 617. The van der Waals surface area contributed by atoms with Crippen LogP contribution in [0.25, 0.3) is 0 Å². The molecule has 0 bridgehead atoms. The van der Waals surface area contributed by atoms with Crippen molar-refractivity contribution in [3.63, 3.8) is 0 Å². The summed E-state index contributed by atoms with van der Waals surface area (Å²) in [6.45, 7) is 4.71. The van der Waals surface area contributed by atoms with Crippen LogP contribution in [0.3, 0.4) is 0 Å². The van der Waals surface area contributed by atoms with Crippen molar-refractivity contribution in [2.75, 3.05) is 17.6 Å². The molecule has 0 aliphatic carbocycles. The average molecular weight is 272 g/mol. The molecule has 0 saturated carbocycles. The van der Waals surface area contributed by atoms with Crippen LogP contribution in [0, 0.1) is 0 Å². The number of hydrogen-bond acceptors (Lipinski definition) is 4. The van der Waals surface area contributed by atoms with Crippen molar-refractivity contribution in [1.82, 2.24) is 9.97 Å². The lowest BCUT2D eigenvalue weighted by molar-refractivity contribution is 0.766. The zero-order valence-corrected chi connectivity index (χ0v) is 11.8. The standard InChI is InChI=1S/C15H20N4O/c1-10(2)15-18-13(9-14(20)19-15)17-8-7-11-3-5-12(16)6-4-11/h3-6,9-10H,7-8,16H2,1-2H3,(H2,17,18,19,20). The van der Waals surface area contributed by atoms with Crippen LogP contribution in [0.5, 0.6) is 0 Å². The molecule has 20 heavy (non-hydrogen) atoms. The minimum absolute atomic E-state index is 0.126. The van der Waals surface area contributed by atoms with Crippen LogP contribution < -0.4 is 16.6 Å². The molecule has 0 aliphatic heterocycles. The Hall–Kier alpha value is -2.30. The van der Waals surface area contributed by atoms with Gasteiger partial charge in [-0.05, 0) is 24.1 Å². The van der Waals surface area contributed by atoms with Crippen LogP contribution >= 0.6 is 0 Å². The van der Waals surface area contributed by atoms with Gasteiger partial charge in [0.2, 0.25) is 0 Å². The Balaban J connectivity index is 1.97. The molecule has 2 aromatic rings. The third-order valence-electron chi connectivity index (χ3n) is 3.01. The van der Waals surface area contributed by atoms with E-state index in [0.29, 0.717) is 11.6 Å². The first-order valence-corrected chi connectivity index (χ1v) is 6.74. The Morgan fingerprint density at radius 1 is 1.30 bits per heavy atom. The molecule has 0 saturated heterocycles. The maximum atomic E-state index is 11.5. The molecule has 4 N–H and O–H groups in total. The Labute approximate surface area is 118 Å². The SMILES string of the molecule is CC(C)c1nc(NCCc2ccc(N)cc2)cc(=O)[nH]1. The second-order valence-corrected chi connectivity index (χ2v) is 5.09. The van der Waals surface area contributed by atoms with Gasteiger partial charge in [-0.1, -0.05) is 26.0 Å². The molecule has 0 aliphatic rings. The van der Waals surface area contributed by atoms with E-state index in [4.69, 9.17) is 5.73 Å². The zero-order valence-electron chi connectivity index (χ0n) is 11.8. The molecule has 0 atom stereocenters. The van der Waals surface area contributed by atoms with Gasteiger partial charge in [0.25, 0.3) is 5.56 Å². The highest BCUT2D eigenvalue weighted by Crippen LogP contribution is 2.10. The fraction of sp³-hybridized carbons (Fsp3) is 0.333. The molecule has 1 aromatic heterocycles. The third-order valence-corrected chi connectivity index (χ3v) is 3.01. The monoisotopic (exact) mass is 272 g/mol. The van der Waals surface area contributed by atoms with Gasteiger partial charge in [-0.2, -0.15) is 0 Å². The van der Waals surface area contributed by atoms with Crippen molar-refractivity contribution in [3.05, 3.63) is 52.1 Å². The number of rotatable bonds is 5. The minimum atomic E-state index is -0.126. The molecule has 0 radical (unpaired) electrons. The number of benzene rings is 1. The highest BCUT2D eigenvalue weighted by atomic mass is 16.1. The zero-order chi connectivity index (χ0) is 14.5. The van der Waals surface area contributed by atoms with Gasteiger partial charge in [0, 0.05) is 24.2 Å². The van der Waals surface area contributed by atoms with E-state index in [9.17, 15) is 4.79 Å². The van der Waals surface area contributed by atoms with Gasteiger partial charge in [0.15, 0.2) is 0 Å². The molecule has 0 spiro atoms. The number of nitrogen functional groups attached to an aromatic ring is 1. The number of anilines is 2. The number of nitrogens with one attached hydrogen (secondary N) is 2. The molecular formula is C15H20N4O. The van der Waals surface area contributed by atoms with Gasteiger partial charge < -0.3 is 16.0 Å². The highest BCUT2D eigenvalue weighted by Gasteiger charge is 2.04. The fourth-order valence-corrected chi connectivity index (χ4v) is 1.86. The summed E-state index contributed by atoms with van der Waals surface area (Å²) in [7, 11) is 0. The summed E-state index contributed by atoms with van der Waals surface area (Å²) < 4.78 is 0. The lowest BCUT2D eigenvalue weighted by atomic mass is 10.1. The van der Waals surface area contributed by atoms with Gasteiger partial charge in [-0.3, -0.25) is 4.79 Å². The van der Waals surface area contributed by atoms with E-state index >= 15 is 0 Å². The van der Waals surface area contributed by atoms with Crippen LogP contribution in [-0.4, -0.2) is 16.5 Å². The van der Waals surface area contributed by atoms with Crippen molar-refractivity contribution >= 4 is 11.5 Å². The number of nitrogens with zero attached hydrogens (tertiary/aromatic N) is 1. The topological polar surface area (TPSA) is 83.8 Å². The number of aromatic nitrogens is 2. The summed E-state index contributed by atoms with van der Waals surface area (Å²) in [6.07, 6.45) is 0.853. The lowest BCUT2D eigenvalue weighted by Gasteiger charge is -2.09. The van der Waals surface area contributed by atoms with Gasteiger partial charge in [0.05, 0.1) is 0 Å². The number of aromatic amines is 1. The molecule has 5 nitrogen and oxygen atoms in total. The second kappa shape index (κ2) is 6.23. The quantitative estimate of drug-likeness (QED) is 0.728. The van der Waals surface area contributed by atoms with Crippen LogP contribution in [0.4, 0.5) is 11.5 Å². The minimum Gasteiger partial charge on any atom is -0.399 e. The van der Waals surface area contributed by atoms with Crippen LogP contribution in [-0.2, 0) is 6.42 Å². The Morgan fingerprint density at radius 3 is 2.65 bits per heavy atom. The van der Waals surface area contributed by atoms with Gasteiger partial charge >= 0.3 is 0 Å². The van der Waals surface area contributed by atoms with Crippen LogP contribution in [0.1, 0.15) is 31.2 Å². The Morgan fingerprint density at radius 2 is 2.00 bits per heavy atom. The van der Waals surface area contributed by atoms with Crippen molar-refractivity contribution < 1.29 is 0 Å².